The van der Waals surface area contributed by atoms with Crippen LogP contribution in [-0.4, -0.2) is 12.6 Å². The number of hydrogen-bond acceptors (Lipinski definition) is 2. The van der Waals surface area contributed by atoms with Gasteiger partial charge in [0, 0.05) is 0 Å². The lowest BCUT2D eigenvalue weighted by Crippen LogP contribution is -2.33. The van der Waals surface area contributed by atoms with Crippen molar-refractivity contribution >= 4 is 5.97 Å². The van der Waals surface area contributed by atoms with Gasteiger partial charge in [0.15, 0.2) is 0 Å². The summed E-state index contributed by atoms with van der Waals surface area (Å²) in [5.74, 6) is 1.27. The SMILES string of the molecule is CCOC(=O)[C@H]1C[C@@H]2C=C[C@@H]1CC2. The van der Waals surface area contributed by atoms with Crippen LogP contribution >= 0.6 is 0 Å². The molecule has 0 aromatic rings. The lowest BCUT2D eigenvalue weighted by Gasteiger charge is -2.36. The molecular formula is C11H16O2. The number of allylic oxidation sites excluding steroid dienone is 2. The first-order valence-electron chi connectivity index (χ1n) is 5.16. The van der Waals surface area contributed by atoms with Gasteiger partial charge in [0.1, 0.15) is 0 Å². The van der Waals surface area contributed by atoms with E-state index in [4.69, 9.17) is 4.74 Å². The van der Waals surface area contributed by atoms with Gasteiger partial charge in [-0.2, -0.15) is 0 Å². The van der Waals surface area contributed by atoms with Gasteiger partial charge in [-0.15, -0.1) is 0 Å². The molecule has 0 aromatic carbocycles. The Morgan fingerprint density at radius 3 is 2.77 bits per heavy atom. The van der Waals surface area contributed by atoms with Gasteiger partial charge in [0.2, 0.25) is 0 Å². The topological polar surface area (TPSA) is 26.3 Å². The summed E-state index contributed by atoms with van der Waals surface area (Å²) in [5, 5.41) is 0. The fourth-order valence-corrected chi connectivity index (χ4v) is 2.45. The molecule has 1 fully saturated rings. The number of hydrogen-bond donors (Lipinski definition) is 0. The Morgan fingerprint density at radius 1 is 1.46 bits per heavy atom. The van der Waals surface area contributed by atoms with Crippen molar-refractivity contribution in [1.29, 1.82) is 0 Å². The minimum absolute atomic E-state index is 0.0153. The third kappa shape index (κ3) is 1.62. The molecule has 0 radical (unpaired) electrons. The van der Waals surface area contributed by atoms with E-state index in [9.17, 15) is 4.79 Å². The van der Waals surface area contributed by atoms with Crippen LogP contribution in [0.1, 0.15) is 26.2 Å². The summed E-state index contributed by atoms with van der Waals surface area (Å²) in [5.41, 5.74) is 0. The number of fused-ring (bicyclic) bond motifs is 2. The minimum Gasteiger partial charge on any atom is -0.466 e. The number of carbonyl (C=O) groups is 1. The molecule has 3 aliphatic carbocycles. The average molecular weight is 180 g/mol. The number of esters is 1. The molecule has 72 valence electrons. The lowest BCUT2D eigenvalue weighted by molar-refractivity contribution is -0.151. The Labute approximate surface area is 79.0 Å². The molecule has 2 nitrogen and oxygen atoms in total. The monoisotopic (exact) mass is 180 g/mol. The third-order valence-electron chi connectivity index (χ3n) is 3.16. The Balaban J connectivity index is 2.02. The minimum atomic E-state index is 0.0153. The van der Waals surface area contributed by atoms with Crippen LogP contribution in [0, 0.1) is 17.8 Å². The molecule has 0 unspecified atom stereocenters. The van der Waals surface area contributed by atoms with E-state index in [-0.39, 0.29) is 11.9 Å². The second-order valence-electron chi connectivity index (χ2n) is 3.98. The fraction of sp³-hybridized carbons (Fsp3) is 0.727. The summed E-state index contributed by atoms with van der Waals surface area (Å²) in [6.07, 6.45) is 7.92. The highest BCUT2D eigenvalue weighted by molar-refractivity contribution is 5.73. The van der Waals surface area contributed by atoms with E-state index in [0.717, 1.165) is 6.42 Å². The van der Waals surface area contributed by atoms with Crippen molar-refractivity contribution in [3.8, 4) is 0 Å². The van der Waals surface area contributed by atoms with Crippen molar-refractivity contribution in [2.24, 2.45) is 17.8 Å². The summed E-state index contributed by atoms with van der Waals surface area (Å²) < 4.78 is 5.06. The lowest BCUT2D eigenvalue weighted by atomic mass is 9.69. The molecule has 3 rings (SSSR count). The average Bonchev–Trinajstić information content (AvgIpc) is 2.20. The van der Waals surface area contributed by atoms with Crippen LogP contribution < -0.4 is 0 Å². The van der Waals surface area contributed by atoms with Gasteiger partial charge < -0.3 is 4.74 Å². The quantitative estimate of drug-likeness (QED) is 0.481. The molecule has 2 heteroatoms. The Morgan fingerprint density at radius 2 is 2.31 bits per heavy atom. The van der Waals surface area contributed by atoms with Crippen molar-refractivity contribution in [2.75, 3.05) is 6.61 Å². The summed E-state index contributed by atoms with van der Waals surface area (Å²) in [7, 11) is 0. The van der Waals surface area contributed by atoms with Crippen LogP contribution in [0.3, 0.4) is 0 Å². The maximum Gasteiger partial charge on any atom is 0.309 e. The molecule has 0 heterocycles. The molecule has 1 saturated carbocycles. The van der Waals surface area contributed by atoms with E-state index < -0.39 is 0 Å². The molecule has 0 aromatic heterocycles. The summed E-state index contributed by atoms with van der Waals surface area (Å²) in [6, 6.07) is 0. The van der Waals surface area contributed by atoms with Gasteiger partial charge >= 0.3 is 5.97 Å². The predicted molar refractivity (Wildman–Crippen MR) is 50.1 cm³/mol. The summed E-state index contributed by atoms with van der Waals surface area (Å²) in [6.45, 7) is 2.38. The number of carbonyl (C=O) groups excluding carboxylic acids is 1. The highest BCUT2D eigenvalue weighted by Crippen LogP contribution is 2.40. The van der Waals surface area contributed by atoms with E-state index in [2.05, 4.69) is 12.2 Å². The van der Waals surface area contributed by atoms with E-state index in [1.54, 1.807) is 0 Å². The van der Waals surface area contributed by atoms with E-state index in [1.165, 1.54) is 12.8 Å². The molecule has 0 N–H and O–H groups in total. The Hall–Kier alpha value is -0.790. The van der Waals surface area contributed by atoms with Crippen molar-refractivity contribution in [3.63, 3.8) is 0 Å². The molecule has 0 amide bonds. The van der Waals surface area contributed by atoms with Crippen molar-refractivity contribution < 1.29 is 9.53 Å². The fourth-order valence-electron chi connectivity index (χ4n) is 2.45. The Bertz CT molecular complexity index is 232. The molecule has 13 heavy (non-hydrogen) atoms. The highest BCUT2D eigenvalue weighted by Gasteiger charge is 2.36. The summed E-state index contributed by atoms with van der Waals surface area (Å²) >= 11 is 0. The van der Waals surface area contributed by atoms with Crippen LogP contribution in [0.4, 0.5) is 0 Å². The molecule has 3 aliphatic rings. The van der Waals surface area contributed by atoms with Gasteiger partial charge in [-0.1, -0.05) is 12.2 Å². The Kier molecular flexibility index (Phi) is 2.38. The van der Waals surface area contributed by atoms with Crippen LogP contribution in [0.25, 0.3) is 0 Å². The van der Waals surface area contributed by atoms with Gasteiger partial charge in [-0.3, -0.25) is 4.79 Å². The van der Waals surface area contributed by atoms with Crippen LogP contribution in [0.15, 0.2) is 12.2 Å². The maximum atomic E-state index is 11.5. The number of rotatable bonds is 2. The molecule has 0 aliphatic heterocycles. The van der Waals surface area contributed by atoms with Crippen molar-refractivity contribution in [2.45, 2.75) is 26.2 Å². The normalized spacial score (nSPS) is 36.2. The van der Waals surface area contributed by atoms with Crippen molar-refractivity contribution in [3.05, 3.63) is 12.2 Å². The third-order valence-corrected chi connectivity index (χ3v) is 3.16. The first-order valence-corrected chi connectivity index (χ1v) is 5.16. The van der Waals surface area contributed by atoms with Gasteiger partial charge in [-0.05, 0) is 38.0 Å². The van der Waals surface area contributed by atoms with Gasteiger partial charge in [-0.25, -0.2) is 0 Å². The number of ether oxygens (including phenoxy) is 1. The second-order valence-corrected chi connectivity index (χ2v) is 3.98. The zero-order valence-electron chi connectivity index (χ0n) is 8.03. The standard InChI is InChI=1S/C11H16O2/c1-2-13-11(12)10-7-8-3-5-9(10)6-4-8/h3,5,8-10H,2,4,6-7H2,1H3/t8-,9-,10+/m1/s1. The van der Waals surface area contributed by atoms with Crippen LogP contribution in [0.2, 0.25) is 0 Å². The smallest absolute Gasteiger partial charge is 0.309 e. The summed E-state index contributed by atoms with van der Waals surface area (Å²) in [4.78, 5) is 11.5. The molecule has 0 saturated heterocycles. The molecule has 2 bridgehead atoms. The zero-order valence-corrected chi connectivity index (χ0v) is 8.03. The van der Waals surface area contributed by atoms with Gasteiger partial charge in [0.05, 0.1) is 12.5 Å². The van der Waals surface area contributed by atoms with Crippen LogP contribution in [-0.2, 0) is 9.53 Å². The van der Waals surface area contributed by atoms with Gasteiger partial charge in [0.25, 0.3) is 0 Å². The highest BCUT2D eigenvalue weighted by atomic mass is 16.5. The van der Waals surface area contributed by atoms with E-state index in [0.29, 0.717) is 18.4 Å². The maximum absolute atomic E-state index is 11.5. The largest absolute Gasteiger partial charge is 0.466 e. The second kappa shape index (κ2) is 3.52. The van der Waals surface area contributed by atoms with Crippen LogP contribution in [0.5, 0.6) is 0 Å². The molecular weight excluding hydrogens is 164 g/mol. The molecule has 3 atom stereocenters. The zero-order chi connectivity index (χ0) is 9.26. The first kappa shape index (κ1) is 8.79. The predicted octanol–water partition coefficient (Wildman–Crippen LogP) is 2.15. The molecule has 0 spiro atoms. The van der Waals surface area contributed by atoms with Crippen molar-refractivity contribution in [1.82, 2.24) is 0 Å². The van der Waals surface area contributed by atoms with E-state index in [1.807, 2.05) is 6.92 Å². The first-order chi connectivity index (χ1) is 6.31. The van der Waals surface area contributed by atoms with E-state index >= 15 is 0 Å².